The van der Waals surface area contributed by atoms with Crippen LogP contribution in [0.5, 0.6) is 0 Å². The predicted molar refractivity (Wildman–Crippen MR) is 42.2 cm³/mol. The van der Waals surface area contributed by atoms with E-state index in [-0.39, 0.29) is 6.61 Å². The Hall–Kier alpha value is -1.21. The van der Waals surface area contributed by atoms with Crippen LogP contribution >= 0.6 is 11.3 Å². The fourth-order valence-corrected chi connectivity index (χ4v) is 1.19. The number of amides is 2. The van der Waals surface area contributed by atoms with Gasteiger partial charge in [0.1, 0.15) is 16.6 Å². The Kier molecular flexibility index (Phi) is 2.94. The van der Waals surface area contributed by atoms with Gasteiger partial charge in [0, 0.05) is 0 Å². The smallest absolute Gasteiger partial charge is 0.336 e. The van der Waals surface area contributed by atoms with Crippen molar-refractivity contribution in [3.8, 4) is 0 Å². The highest BCUT2D eigenvalue weighted by Crippen LogP contribution is 2.07. The highest BCUT2D eigenvalue weighted by atomic mass is 32.1. The van der Waals surface area contributed by atoms with Crippen LogP contribution in [0.15, 0.2) is 0 Å². The molecule has 0 saturated heterocycles. The highest BCUT2D eigenvalue weighted by Gasteiger charge is 2.00. The topological polar surface area (TPSA) is 90.1 Å². The van der Waals surface area contributed by atoms with Crippen molar-refractivity contribution in [2.45, 2.75) is 13.5 Å². The van der Waals surface area contributed by atoms with E-state index in [0.717, 1.165) is 5.01 Å². The van der Waals surface area contributed by atoms with Crippen molar-refractivity contribution in [1.82, 2.24) is 15.7 Å². The molecule has 1 aromatic heterocycles. The van der Waals surface area contributed by atoms with Crippen LogP contribution in [-0.2, 0) is 11.4 Å². The zero-order chi connectivity index (χ0) is 8.97. The Morgan fingerprint density at radius 3 is 3.00 bits per heavy atom. The molecule has 1 heterocycles. The summed E-state index contributed by atoms with van der Waals surface area (Å²) in [5.41, 5.74) is 6.74. The molecule has 12 heavy (non-hydrogen) atoms. The van der Waals surface area contributed by atoms with E-state index in [1.807, 2.05) is 12.4 Å². The molecule has 0 bridgehead atoms. The monoisotopic (exact) mass is 188 g/mol. The molecule has 0 aliphatic rings. The number of nitrogens with zero attached hydrogens (tertiary/aromatic N) is 2. The van der Waals surface area contributed by atoms with Crippen LogP contribution < -0.4 is 11.2 Å². The predicted octanol–water partition coefficient (Wildman–Crippen LogP) is -0.0536. The van der Waals surface area contributed by atoms with Crippen molar-refractivity contribution in [3.05, 3.63) is 10.0 Å². The number of carbonyl (C=O) groups is 1. The number of hydrogen-bond acceptors (Lipinski definition) is 5. The van der Waals surface area contributed by atoms with E-state index in [4.69, 9.17) is 5.73 Å². The van der Waals surface area contributed by atoms with Crippen molar-refractivity contribution in [3.63, 3.8) is 0 Å². The first kappa shape index (κ1) is 8.88. The van der Waals surface area contributed by atoms with Gasteiger partial charge < -0.3 is 5.73 Å². The van der Waals surface area contributed by atoms with E-state index < -0.39 is 6.03 Å². The molecule has 2 amide bonds. The van der Waals surface area contributed by atoms with Crippen LogP contribution in [0.3, 0.4) is 0 Å². The van der Waals surface area contributed by atoms with Gasteiger partial charge in [-0.1, -0.05) is 11.3 Å². The van der Waals surface area contributed by atoms with Crippen LogP contribution in [0.2, 0.25) is 0 Å². The molecular formula is C5H8N4O2S. The molecular weight excluding hydrogens is 180 g/mol. The molecule has 0 saturated carbocycles. The average Bonchev–Trinajstić information content (AvgIpc) is 2.35. The number of aryl methyl sites for hydroxylation is 1. The summed E-state index contributed by atoms with van der Waals surface area (Å²) >= 11 is 1.40. The summed E-state index contributed by atoms with van der Waals surface area (Å²) in [4.78, 5) is 14.8. The molecule has 0 aliphatic carbocycles. The lowest BCUT2D eigenvalue weighted by atomic mass is 10.8. The summed E-state index contributed by atoms with van der Waals surface area (Å²) in [5, 5.41) is 9.07. The third-order valence-corrected chi connectivity index (χ3v) is 1.75. The molecule has 3 N–H and O–H groups in total. The molecule has 0 unspecified atom stereocenters. The lowest BCUT2D eigenvalue weighted by molar-refractivity contribution is 0.0517. The first-order valence-electron chi connectivity index (χ1n) is 3.14. The number of carbonyl (C=O) groups excluding carboxylic acids is 1. The highest BCUT2D eigenvalue weighted by molar-refractivity contribution is 7.11. The second-order valence-electron chi connectivity index (χ2n) is 1.97. The van der Waals surface area contributed by atoms with E-state index >= 15 is 0 Å². The van der Waals surface area contributed by atoms with Gasteiger partial charge in [0.05, 0.1) is 0 Å². The molecule has 0 aromatic carbocycles. The maximum Gasteiger partial charge on any atom is 0.336 e. The van der Waals surface area contributed by atoms with Crippen molar-refractivity contribution in [2.75, 3.05) is 0 Å². The maximum atomic E-state index is 10.1. The fourth-order valence-electron chi connectivity index (χ4n) is 0.565. The molecule has 7 heteroatoms. The normalized spacial score (nSPS) is 9.75. The standard InChI is InChI=1S/C5H8N4O2S/c1-3-7-8-4(12-3)2-11-9-5(6)10/h2H2,1H3,(H3,6,9,10). The van der Waals surface area contributed by atoms with E-state index in [1.54, 1.807) is 0 Å². The van der Waals surface area contributed by atoms with Crippen LogP contribution in [-0.4, -0.2) is 16.2 Å². The second-order valence-corrected chi connectivity index (χ2v) is 3.24. The van der Waals surface area contributed by atoms with Crippen LogP contribution in [0.4, 0.5) is 4.79 Å². The minimum atomic E-state index is -0.726. The molecule has 6 nitrogen and oxygen atoms in total. The maximum absolute atomic E-state index is 10.1. The van der Waals surface area contributed by atoms with Gasteiger partial charge in [-0.25, -0.2) is 10.3 Å². The second kappa shape index (κ2) is 3.98. The summed E-state index contributed by atoms with van der Waals surface area (Å²) in [5.74, 6) is 0. The average molecular weight is 188 g/mol. The Balaban J connectivity index is 2.29. The summed E-state index contributed by atoms with van der Waals surface area (Å²) in [6, 6.07) is -0.726. The third kappa shape index (κ3) is 2.81. The molecule has 0 spiro atoms. The molecule has 0 fully saturated rings. The van der Waals surface area contributed by atoms with Gasteiger partial charge in [0.25, 0.3) is 0 Å². The number of nitrogens with two attached hydrogens (primary N) is 1. The van der Waals surface area contributed by atoms with Crippen molar-refractivity contribution >= 4 is 17.4 Å². The Morgan fingerprint density at radius 1 is 1.75 bits per heavy atom. The van der Waals surface area contributed by atoms with E-state index in [2.05, 4.69) is 15.0 Å². The zero-order valence-electron chi connectivity index (χ0n) is 6.40. The SMILES string of the molecule is Cc1nnc(CONC(N)=O)s1. The van der Waals surface area contributed by atoms with Gasteiger partial charge in [-0.2, -0.15) is 0 Å². The molecule has 66 valence electrons. The molecule has 1 rings (SSSR count). The number of hydroxylamine groups is 1. The van der Waals surface area contributed by atoms with Crippen molar-refractivity contribution in [1.29, 1.82) is 0 Å². The van der Waals surface area contributed by atoms with Crippen LogP contribution in [0, 0.1) is 6.92 Å². The van der Waals surface area contributed by atoms with Crippen LogP contribution in [0.1, 0.15) is 10.0 Å². The van der Waals surface area contributed by atoms with E-state index in [9.17, 15) is 4.79 Å². The number of nitrogens with one attached hydrogen (secondary N) is 1. The van der Waals surface area contributed by atoms with E-state index in [1.165, 1.54) is 11.3 Å². The number of urea groups is 1. The Bertz CT molecular complexity index is 274. The van der Waals surface area contributed by atoms with E-state index in [0.29, 0.717) is 5.01 Å². The summed E-state index contributed by atoms with van der Waals surface area (Å²) in [6.07, 6.45) is 0. The number of aromatic nitrogens is 2. The Labute approximate surface area is 72.7 Å². The summed E-state index contributed by atoms with van der Waals surface area (Å²) in [7, 11) is 0. The van der Waals surface area contributed by atoms with Gasteiger partial charge in [0.2, 0.25) is 0 Å². The first-order chi connectivity index (χ1) is 5.68. The minimum absolute atomic E-state index is 0.189. The minimum Gasteiger partial charge on any atom is -0.350 e. The summed E-state index contributed by atoms with van der Waals surface area (Å²) in [6.45, 7) is 2.02. The van der Waals surface area contributed by atoms with Gasteiger partial charge in [0.15, 0.2) is 0 Å². The third-order valence-electron chi connectivity index (χ3n) is 0.936. The largest absolute Gasteiger partial charge is 0.350 e. The lowest BCUT2D eigenvalue weighted by Crippen LogP contribution is -2.29. The quantitative estimate of drug-likeness (QED) is 0.650. The van der Waals surface area contributed by atoms with Crippen molar-refractivity contribution < 1.29 is 9.63 Å². The zero-order valence-corrected chi connectivity index (χ0v) is 7.22. The van der Waals surface area contributed by atoms with Gasteiger partial charge in [-0.05, 0) is 6.92 Å². The van der Waals surface area contributed by atoms with Crippen LogP contribution in [0.25, 0.3) is 0 Å². The number of rotatable bonds is 3. The first-order valence-corrected chi connectivity index (χ1v) is 3.96. The lowest BCUT2D eigenvalue weighted by Gasteiger charge is -1.97. The van der Waals surface area contributed by atoms with Gasteiger partial charge in [-0.3, -0.25) is 4.84 Å². The molecule has 0 aliphatic heterocycles. The number of primary amides is 1. The molecule has 0 radical (unpaired) electrons. The van der Waals surface area contributed by atoms with Gasteiger partial charge in [-0.15, -0.1) is 10.2 Å². The summed E-state index contributed by atoms with van der Waals surface area (Å²) < 4.78 is 0. The fraction of sp³-hybridized carbons (Fsp3) is 0.400. The molecule has 0 atom stereocenters. The van der Waals surface area contributed by atoms with Crippen molar-refractivity contribution in [2.24, 2.45) is 5.73 Å². The molecule has 1 aromatic rings. The Morgan fingerprint density at radius 2 is 2.50 bits per heavy atom. The van der Waals surface area contributed by atoms with Gasteiger partial charge >= 0.3 is 6.03 Å². The number of hydrogen-bond donors (Lipinski definition) is 2.